The minimum atomic E-state index is -0.749. The van der Waals surface area contributed by atoms with E-state index in [0.717, 1.165) is 19.4 Å². The summed E-state index contributed by atoms with van der Waals surface area (Å²) >= 11 is 0. The average Bonchev–Trinajstić information content (AvgIpc) is 2.44. The molecule has 1 aromatic carbocycles. The number of likely N-dealkylation sites (N-methyl/N-ethyl adjacent to an activating group) is 1. The molecule has 112 valence electrons. The predicted octanol–water partition coefficient (Wildman–Crippen LogP) is 2.37. The minimum absolute atomic E-state index is 0.125. The van der Waals surface area contributed by atoms with Crippen molar-refractivity contribution in [1.82, 2.24) is 4.90 Å². The van der Waals surface area contributed by atoms with E-state index in [1.54, 1.807) is 6.07 Å². The van der Waals surface area contributed by atoms with E-state index in [9.17, 15) is 15.2 Å². The number of nitrogens with zero attached hydrogens (tertiary/aromatic N) is 2. The molecule has 6 heteroatoms. The molecule has 1 rings (SSSR count). The average molecular weight is 282 g/mol. The quantitative estimate of drug-likeness (QED) is 0.585. The van der Waals surface area contributed by atoms with Crippen molar-refractivity contribution in [3.63, 3.8) is 0 Å². The number of benzene rings is 1. The van der Waals surface area contributed by atoms with Crippen LogP contribution in [0.25, 0.3) is 0 Å². The number of aliphatic hydroxyl groups excluding tert-OH is 1. The lowest BCUT2D eigenvalue weighted by molar-refractivity contribution is -0.385. The van der Waals surface area contributed by atoms with Gasteiger partial charge >= 0.3 is 5.69 Å². The van der Waals surface area contributed by atoms with E-state index in [1.165, 1.54) is 19.2 Å². The van der Waals surface area contributed by atoms with Crippen LogP contribution in [0.1, 0.15) is 31.4 Å². The summed E-state index contributed by atoms with van der Waals surface area (Å²) in [4.78, 5) is 12.5. The molecule has 0 aliphatic heterocycles. The van der Waals surface area contributed by atoms with Gasteiger partial charge < -0.3 is 14.7 Å². The van der Waals surface area contributed by atoms with Crippen LogP contribution in [0.4, 0.5) is 5.69 Å². The van der Waals surface area contributed by atoms with E-state index in [1.807, 2.05) is 11.9 Å². The van der Waals surface area contributed by atoms with Gasteiger partial charge in [-0.15, -0.1) is 0 Å². The molecule has 0 fully saturated rings. The molecule has 0 saturated heterocycles. The fourth-order valence-electron chi connectivity index (χ4n) is 1.98. The highest BCUT2D eigenvalue weighted by Gasteiger charge is 2.19. The zero-order valence-corrected chi connectivity index (χ0v) is 12.2. The fourth-order valence-corrected chi connectivity index (χ4v) is 1.98. The third kappa shape index (κ3) is 4.47. The van der Waals surface area contributed by atoms with Crippen molar-refractivity contribution >= 4 is 5.69 Å². The first kappa shape index (κ1) is 16.4. The van der Waals surface area contributed by atoms with Crippen molar-refractivity contribution in [2.45, 2.75) is 25.9 Å². The lowest BCUT2D eigenvalue weighted by Gasteiger charge is -2.20. The van der Waals surface area contributed by atoms with Gasteiger partial charge in [-0.3, -0.25) is 10.1 Å². The molecule has 6 nitrogen and oxygen atoms in total. The minimum Gasteiger partial charge on any atom is -0.490 e. The highest BCUT2D eigenvalue weighted by atomic mass is 16.6. The molecule has 1 unspecified atom stereocenters. The van der Waals surface area contributed by atoms with Crippen LogP contribution in [-0.4, -0.2) is 42.2 Å². The standard InChI is InChI=1S/C14H22N2O4/c1-4-5-8-15(2)10-13(17)11-6-7-14(20-3)12(9-11)16(18)19/h6-7,9,13,17H,4-5,8,10H2,1-3H3. The number of rotatable bonds is 8. The van der Waals surface area contributed by atoms with E-state index in [-0.39, 0.29) is 11.4 Å². The van der Waals surface area contributed by atoms with Gasteiger partial charge in [-0.25, -0.2) is 0 Å². The molecule has 1 N–H and O–H groups in total. The molecule has 0 bridgehead atoms. The lowest BCUT2D eigenvalue weighted by Crippen LogP contribution is -2.25. The van der Waals surface area contributed by atoms with Gasteiger partial charge in [0, 0.05) is 12.6 Å². The lowest BCUT2D eigenvalue weighted by atomic mass is 10.1. The summed E-state index contributed by atoms with van der Waals surface area (Å²) in [6, 6.07) is 4.55. The number of hydrogen-bond acceptors (Lipinski definition) is 5. The van der Waals surface area contributed by atoms with Crippen molar-refractivity contribution in [3.8, 4) is 5.75 Å². The van der Waals surface area contributed by atoms with E-state index < -0.39 is 11.0 Å². The first-order chi connectivity index (χ1) is 9.49. The van der Waals surface area contributed by atoms with Gasteiger partial charge in [0.05, 0.1) is 18.1 Å². The van der Waals surface area contributed by atoms with Crippen LogP contribution in [0.2, 0.25) is 0 Å². The summed E-state index contributed by atoms with van der Waals surface area (Å²) in [5, 5.41) is 21.1. The molecule has 1 atom stereocenters. The molecule has 1 aromatic rings. The van der Waals surface area contributed by atoms with Crippen molar-refractivity contribution in [3.05, 3.63) is 33.9 Å². The normalized spacial score (nSPS) is 12.4. The summed E-state index contributed by atoms with van der Waals surface area (Å²) in [7, 11) is 3.31. The summed E-state index contributed by atoms with van der Waals surface area (Å²) in [5.74, 6) is 0.199. The van der Waals surface area contributed by atoms with Crippen molar-refractivity contribution in [1.29, 1.82) is 0 Å². The van der Waals surface area contributed by atoms with Gasteiger partial charge in [-0.05, 0) is 31.6 Å². The molecule has 0 amide bonds. The number of aliphatic hydroxyl groups is 1. The molecule has 0 aliphatic rings. The van der Waals surface area contributed by atoms with Gasteiger partial charge in [-0.1, -0.05) is 19.4 Å². The first-order valence-corrected chi connectivity index (χ1v) is 6.68. The second-order valence-corrected chi connectivity index (χ2v) is 4.82. The van der Waals surface area contributed by atoms with Crippen molar-refractivity contribution in [2.24, 2.45) is 0 Å². The third-order valence-corrected chi connectivity index (χ3v) is 3.16. The van der Waals surface area contributed by atoms with Crippen molar-refractivity contribution < 1.29 is 14.8 Å². The Balaban J connectivity index is 2.80. The number of hydrogen-bond donors (Lipinski definition) is 1. The molecule has 0 radical (unpaired) electrons. The maximum Gasteiger partial charge on any atom is 0.311 e. The van der Waals surface area contributed by atoms with Crippen molar-refractivity contribution in [2.75, 3.05) is 27.2 Å². The SMILES string of the molecule is CCCCN(C)CC(O)c1ccc(OC)c([N+](=O)[O-])c1. The molecule has 0 heterocycles. The Bertz CT molecular complexity index is 451. The maximum atomic E-state index is 11.0. The topological polar surface area (TPSA) is 75.8 Å². The zero-order valence-electron chi connectivity index (χ0n) is 12.2. The number of unbranched alkanes of at least 4 members (excludes halogenated alkanes) is 1. The van der Waals surface area contributed by atoms with E-state index in [2.05, 4.69) is 6.92 Å². The first-order valence-electron chi connectivity index (χ1n) is 6.68. The van der Waals surface area contributed by atoms with Crippen LogP contribution in [0.3, 0.4) is 0 Å². The van der Waals surface area contributed by atoms with Crippen LogP contribution in [0, 0.1) is 10.1 Å². The highest BCUT2D eigenvalue weighted by Crippen LogP contribution is 2.30. The second-order valence-electron chi connectivity index (χ2n) is 4.82. The third-order valence-electron chi connectivity index (χ3n) is 3.16. The Morgan fingerprint density at radius 1 is 1.50 bits per heavy atom. The second kappa shape index (κ2) is 7.81. The van der Waals surface area contributed by atoms with Crippen LogP contribution >= 0.6 is 0 Å². The van der Waals surface area contributed by atoms with Crippen LogP contribution in [-0.2, 0) is 0 Å². The largest absolute Gasteiger partial charge is 0.490 e. The van der Waals surface area contributed by atoms with E-state index in [4.69, 9.17) is 4.74 Å². The number of methoxy groups -OCH3 is 1. The summed E-state index contributed by atoms with van der Waals surface area (Å²) in [5.41, 5.74) is 0.404. The van der Waals surface area contributed by atoms with Gasteiger partial charge in [0.15, 0.2) is 5.75 Å². The van der Waals surface area contributed by atoms with Gasteiger partial charge in [0.1, 0.15) is 0 Å². The molecular weight excluding hydrogens is 260 g/mol. The Labute approximate surface area is 119 Å². The Kier molecular flexibility index (Phi) is 6.41. The van der Waals surface area contributed by atoms with Crippen LogP contribution in [0.15, 0.2) is 18.2 Å². The van der Waals surface area contributed by atoms with Gasteiger partial charge in [0.25, 0.3) is 0 Å². The molecule has 0 aromatic heterocycles. The number of nitro benzene ring substituents is 1. The van der Waals surface area contributed by atoms with Gasteiger partial charge in [-0.2, -0.15) is 0 Å². The summed E-state index contributed by atoms with van der Waals surface area (Å²) in [6.07, 6.45) is 1.40. The zero-order chi connectivity index (χ0) is 15.1. The van der Waals surface area contributed by atoms with Gasteiger partial charge in [0.2, 0.25) is 0 Å². The van der Waals surface area contributed by atoms with E-state index in [0.29, 0.717) is 12.1 Å². The molecule has 0 aliphatic carbocycles. The molecule has 0 spiro atoms. The summed E-state index contributed by atoms with van der Waals surface area (Å²) < 4.78 is 4.94. The number of nitro groups is 1. The Morgan fingerprint density at radius 2 is 2.20 bits per heavy atom. The Hall–Kier alpha value is -1.66. The monoisotopic (exact) mass is 282 g/mol. The molecular formula is C14H22N2O4. The molecule has 0 saturated carbocycles. The maximum absolute atomic E-state index is 11.0. The molecule has 20 heavy (non-hydrogen) atoms. The van der Waals surface area contributed by atoms with E-state index >= 15 is 0 Å². The highest BCUT2D eigenvalue weighted by molar-refractivity contribution is 5.49. The Morgan fingerprint density at radius 3 is 2.75 bits per heavy atom. The van der Waals surface area contributed by atoms with Crippen LogP contribution < -0.4 is 4.74 Å². The predicted molar refractivity (Wildman–Crippen MR) is 77.0 cm³/mol. The fraction of sp³-hybridized carbons (Fsp3) is 0.571. The van der Waals surface area contributed by atoms with Crippen LogP contribution in [0.5, 0.6) is 5.75 Å². The number of ether oxygens (including phenoxy) is 1. The smallest absolute Gasteiger partial charge is 0.311 e. The summed E-state index contributed by atoms with van der Waals surface area (Å²) in [6.45, 7) is 3.45.